The van der Waals surface area contributed by atoms with E-state index in [0.29, 0.717) is 10.9 Å². The largest absolute Gasteiger partial charge is 0.480 e. The van der Waals surface area contributed by atoms with E-state index in [1.54, 1.807) is 11.3 Å². The first-order valence-corrected chi connectivity index (χ1v) is 8.11. The van der Waals surface area contributed by atoms with E-state index in [2.05, 4.69) is 18.4 Å². The summed E-state index contributed by atoms with van der Waals surface area (Å²) in [7, 11) is 0. The van der Waals surface area contributed by atoms with Crippen LogP contribution in [0.2, 0.25) is 5.02 Å². The maximum Gasteiger partial charge on any atom is 0.317 e. The number of aliphatic carboxylic acids is 1. The van der Waals surface area contributed by atoms with Crippen molar-refractivity contribution in [1.29, 1.82) is 0 Å². The fourth-order valence-corrected chi connectivity index (χ4v) is 4.46. The standard InChI is InChI=1S/C16H16ClNO2S/c1-10-8-18(9-14(19)20)15(16-11(10)6-7-21-16)12-4-2-3-5-13(12)17/h2-7,10,15H,8-9H2,1H3,(H,19,20). The number of thiophene rings is 1. The molecule has 0 saturated carbocycles. The molecule has 1 aliphatic heterocycles. The molecule has 1 N–H and O–H groups in total. The Labute approximate surface area is 132 Å². The number of rotatable bonds is 3. The summed E-state index contributed by atoms with van der Waals surface area (Å²) in [6, 6.07) is 9.77. The SMILES string of the molecule is CC1CN(CC(=O)O)C(c2ccccc2Cl)c2sccc21. The Morgan fingerprint density at radius 3 is 2.86 bits per heavy atom. The average Bonchev–Trinajstić information content (AvgIpc) is 2.89. The highest BCUT2D eigenvalue weighted by molar-refractivity contribution is 7.10. The molecule has 0 aliphatic carbocycles. The van der Waals surface area contributed by atoms with Crippen LogP contribution in [0.1, 0.15) is 34.9 Å². The molecule has 0 saturated heterocycles. The summed E-state index contributed by atoms with van der Waals surface area (Å²) in [4.78, 5) is 14.4. The van der Waals surface area contributed by atoms with Gasteiger partial charge < -0.3 is 5.11 Å². The van der Waals surface area contributed by atoms with Crippen LogP contribution in [-0.4, -0.2) is 29.1 Å². The van der Waals surface area contributed by atoms with Crippen molar-refractivity contribution < 1.29 is 9.90 Å². The van der Waals surface area contributed by atoms with E-state index in [0.717, 1.165) is 12.1 Å². The van der Waals surface area contributed by atoms with Crippen molar-refractivity contribution in [3.8, 4) is 0 Å². The van der Waals surface area contributed by atoms with E-state index in [1.807, 2.05) is 29.2 Å². The number of carboxylic acids is 1. The van der Waals surface area contributed by atoms with Crippen molar-refractivity contribution in [2.75, 3.05) is 13.1 Å². The molecule has 0 bridgehead atoms. The summed E-state index contributed by atoms with van der Waals surface area (Å²) in [5.74, 6) is -0.469. The van der Waals surface area contributed by atoms with Crippen LogP contribution in [0.5, 0.6) is 0 Å². The van der Waals surface area contributed by atoms with Gasteiger partial charge in [-0.1, -0.05) is 36.7 Å². The van der Waals surface area contributed by atoms with E-state index in [9.17, 15) is 9.90 Å². The first-order valence-electron chi connectivity index (χ1n) is 6.85. The first-order chi connectivity index (χ1) is 10.1. The predicted octanol–water partition coefficient (Wildman–Crippen LogP) is 3.99. The first kappa shape index (κ1) is 14.6. The van der Waals surface area contributed by atoms with Gasteiger partial charge in [0.05, 0.1) is 12.6 Å². The Kier molecular flexibility index (Phi) is 4.02. The number of hydrogen-bond donors (Lipinski definition) is 1. The minimum Gasteiger partial charge on any atom is -0.480 e. The summed E-state index contributed by atoms with van der Waals surface area (Å²) in [5, 5.41) is 12.0. The van der Waals surface area contributed by atoms with Crippen LogP contribution in [0.4, 0.5) is 0 Å². The van der Waals surface area contributed by atoms with Crippen LogP contribution < -0.4 is 0 Å². The van der Waals surface area contributed by atoms with Crippen LogP contribution in [-0.2, 0) is 4.79 Å². The van der Waals surface area contributed by atoms with Gasteiger partial charge in [-0.25, -0.2) is 0 Å². The Bertz CT molecular complexity index is 670. The summed E-state index contributed by atoms with van der Waals surface area (Å²) >= 11 is 8.04. The number of fused-ring (bicyclic) bond motifs is 1. The fourth-order valence-electron chi connectivity index (χ4n) is 3.05. The molecule has 3 nitrogen and oxygen atoms in total. The number of nitrogens with zero attached hydrogens (tertiary/aromatic N) is 1. The van der Waals surface area contributed by atoms with E-state index >= 15 is 0 Å². The molecule has 3 rings (SSSR count). The lowest BCUT2D eigenvalue weighted by Crippen LogP contribution is -2.40. The quantitative estimate of drug-likeness (QED) is 0.929. The molecule has 0 spiro atoms. The van der Waals surface area contributed by atoms with Crippen molar-refractivity contribution in [3.63, 3.8) is 0 Å². The van der Waals surface area contributed by atoms with Crippen LogP contribution in [0.15, 0.2) is 35.7 Å². The normalized spacial score (nSPS) is 22.0. The highest BCUT2D eigenvalue weighted by Gasteiger charge is 2.35. The van der Waals surface area contributed by atoms with Crippen molar-refractivity contribution in [2.24, 2.45) is 0 Å². The lowest BCUT2D eigenvalue weighted by atomic mass is 9.89. The molecule has 1 aromatic carbocycles. The summed E-state index contributed by atoms with van der Waals surface area (Å²) in [6.07, 6.45) is 0. The number of hydrogen-bond acceptors (Lipinski definition) is 3. The molecule has 2 unspecified atom stereocenters. The van der Waals surface area contributed by atoms with Crippen molar-refractivity contribution in [1.82, 2.24) is 4.90 Å². The topological polar surface area (TPSA) is 40.5 Å². The van der Waals surface area contributed by atoms with Gasteiger partial charge in [0.1, 0.15) is 0 Å². The Hall–Kier alpha value is -1.36. The minimum absolute atomic E-state index is 0.0254. The number of benzene rings is 1. The maximum absolute atomic E-state index is 11.2. The zero-order valence-electron chi connectivity index (χ0n) is 11.6. The second-order valence-electron chi connectivity index (χ2n) is 5.39. The molecule has 1 aliphatic rings. The average molecular weight is 322 g/mol. The van der Waals surface area contributed by atoms with Gasteiger partial charge in [0.25, 0.3) is 0 Å². The Morgan fingerprint density at radius 1 is 1.38 bits per heavy atom. The molecule has 21 heavy (non-hydrogen) atoms. The van der Waals surface area contributed by atoms with Gasteiger partial charge in [-0.05, 0) is 34.6 Å². The molecule has 1 aromatic heterocycles. The van der Waals surface area contributed by atoms with E-state index in [-0.39, 0.29) is 12.6 Å². The molecule has 110 valence electrons. The molecule has 0 fully saturated rings. The lowest BCUT2D eigenvalue weighted by molar-refractivity contribution is -0.138. The lowest BCUT2D eigenvalue weighted by Gasteiger charge is -2.38. The van der Waals surface area contributed by atoms with Gasteiger partial charge in [-0.15, -0.1) is 11.3 Å². The fraction of sp³-hybridized carbons (Fsp3) is 0.312. The second kappa shape index (κ2) is 5.79. The molecule has 0 amide bonds. The van der Waals surface area contributed by atoms with Gasteiger partial charge in [-0.3, -0.25) is 9.69 Å². The smallest absolute Gasteiger partial charge is 0.317 e. The van der Waals surface area contributed by atoms with E-state index in [4.69, 9.17) is 11.6 Å². The van der Waals surface area contributed by atoms with Gasteiger partial charge in [0.15, 0.2) is 0 Å². The molecular weight excluding hydrogens is 306 g/mol. The minimum atomic E-state index is -0.806. The van der Waals surface area contributed by atoms with Crippen LogP contribution in [0.3, 0.4) is 0 Å². The highest BCUT2D eigenvalue weighted by atomic mass is 35.5. The van der Waals surface area contributed by atoms with Crippen molar-refractivity contribution in [3.05, 3.63) is 56.7 Å². The highest BCUT2D eigenvalue weighted by Crippen LogP contribution is 2.44. The van der Waals surface area contributed by atoms with E-state index in [1.165, 1.54) is 10.4 Å². The monoisotopic (exact) mass is 321 g/mol. The summed E-state index contributed by atoms with van der Waals surface area (Å²) in [6.45, 7) is 2.90. The zero-order chi connectivity index (χ0) is 15.0. The number of carbonyl (C=O) groups is 1. The summed E-state index contributed by atoms with van der Waals surface area (Å²) in [5.41, 5.74) is 2.29. The Balaban J connectivity index is 2.10. The number of carboxylic acid groups (broad SMARTS) is 1. The van der Waals surface area contributed by atoms with E-state index < -0.39 is 5.97 Å². The van der Waals surface area contributed by atoms with Crippen LogP contribution in [0.25, 0.3) is 0 Å². The number of halogens is 1. The Morgan fingerprint density at radius 2 is 2.14 bits per heavy atom. The van der Waals surface area contributed by atoms with Crippen molar-refractivity contribution in [2.45, 2.75) is 18.9 Å². The van der Waals surface area contributed by atoms with Crippen LogP contribution in [0, 0.1) is 0 Å². The zero-order valence-corrected chi connectivity index (χ0v) is 13.2. The molecule has 0 radical (unpaired) electrons. The van der Waals surface area contributed by atoms with Gasteiger partial charge in [0.2, 0.25) is 0 Å². The van der Waals surface area contributed by atoms with Gasteiger partial charge in [0, 0.05) is 16.4 Å². The third-order valence-electron chi connectivity index (χ3n) is 3.92. The second-order valence-corrected chi connectivity index (χ2v) is 6.74. The molecule has 2 heterocycles. The summed E-state index contributed by atoms with van der Waals surface area (Å²) < 4.78 is 0. The molecule has 2 aromatic rings. The van der Waals surface area contributed by atoms with Gasteiger partial charge >= 0.3 is 5.97 Å². The predicted molar refractivity (Wildman–Crippen MR) is 85.2 cm³/mol. The van der Waals surface area contributed by atoms with Crippen molar-refractivity contribution >= 4 is 28.9 Å². The molecular formula is C16H16ClNO2S. The third-order valence-corrected chi connectivity index (χ3v) is 5.25. The molecule has 2 atom stereocenters. The maximum atomic E-state index is 11.2. The molecule has 5 heteroatoms. The van der Waals surface area contributed by atoms with Gasteiger partial charge in [-0.2, -0.15) is 0 Å². The third kappa shape index (κ3) is 2.71. The van der Waals surface area contributed by atoms with Crippen LogP contribution >= 0.6 is 22.9 Å².